The van der Waals surface area contributed by atoms with Crippen LogP contribution in [0.2, 0.25) is 0 Å². The van der Waals surface area contributed by atoms with Gasteiger partial charge in [0.15, 0.2) is 0 Å². The van der Waals surface area contributed by atoms with Crippen LogP contribution in [0.5, 0.6) is 0 Å². The van der Waals surface area contributed by atoms with Crippen molar-refractivity contribution in [3.8, 4) is 0 Å². The molecular formula is C19H18OS. The molecule has 1 aliphatic rings. The van der Waals surface area contributed by atoms with Crippen LogP contribution in [0.15, 0.2) is 78.6 Å². The fraction of sp³-hybridized carbons (Fsp3) is 0.158. The zero-order valence-electron chi connectivity index (χ0n) is 12.0. The Morgan fingerprint density at radius 2 is 1.57 bits per heavy atom. The van der Waals surface area contributed by atoms with Gasteiger partial charge in [0, 0.05) is 0 Å². The van der Waals surface area contributed by atoms with Crippen molar-refractivity contribution >= 4 is 18.2 Å². The van der Waals surface area contributed by atoms with Crippen molar-refractivity contribution in [2.75, 3.05) is 7.11 Å². The minimum Gasteiger partial charge on any atom is -0.497 e. The molecule has 106 valence electrons. The number of thiol groups is 1. The maximum Gasteiger partial charge on any atom is 0.115 e. The average Bonchev–Trinajstić information content (AvgIpc) is 2.57. The first-order valence-corrected chi connectivity index (χ1v) is 7.48. The molecule has 0 bridgehead atoms. The van der Waals surface area contributed by atoms with Crippen molar-refractivity contribution in [2.24, 2.45) is 0 Å². The summed E-state index contributed by atoms with van der Waals surface area (Å²) in [5.41, 5.74) is 3.56. The van der Waals surface area contributed by atoms with Crippen molar-refractivity contribution in [2.45, 2.75) is 11.2 Å². The number of benzene rings is 2. The lowest BCUT2D eigenvalue weighted by Gasteiger charge is -2.34. The van der Waals surface area contributed by atoms with Crippen LogP contribution < -0.4 is 0 Å². The molecule has 0 heterocycles. The highest BCUT2D eigenvalue weighted by Gasteiger charge is 2.34. The highest BCUT2D eigenvalue weighted by Crippen LogP contribution is 2.47. The van der Waals surface area contributed by atoms with Gasteiger partial charge in [-0.1, -0.05) is 60.7 Å². The van der Waals surface area contributed by atoms with E-state index in [-0.39, 0.29) is 4.75 Å². The van der Waals surface area contributed by atoms with E-state index in [9.17, 15) is 0 Å². The molecule has 0 radical (unpaired) electrons. The third-order valence-electron chi connectivity index (χ3n) is 3.90. The molecule has 1 atom stereocenters. The summed E-state index contributed by atoms with van der Waals surface area (Å²) in [5, 5.41) is 0. The highest BCUT2D eigenvalue weighted by molar-refractivity contribution is 7.82. The lowest BCUT2D eigenvalue weighted by atomic mass is 9.80. The first-order valence-electron chi connectivity index (χ1n) is 7.04. The van der Waals surface area contributed by atoms with E-state index in [2.05, 4.69) is 60.7 Å². The smallest absolute Gasteiger partial charge is 0.115 e. The van der Waals surface area contributed by atoms with E-state index in [1.807, 2.05) is 12.1 Å². The number of allylic oxidation sites excluding steroid dienone is 2. The molecule has 0 aromatic heterocycles. The first-order chi connectivity index (χ1) is 10.2. The van der Waals surface area contributed by atoms with Crippen LogP contribution in [-0.2, 0) is 9.48 Å². The number of ether oxygens (including phenoxy) is 1. The second-order valence-corrected chi connectivity index (χ2v) is 5.93. The van der Waals surface area contributed by atoms with Gasteiger partial charge in [0.2, 0.25) is 0 Å². The van der Waals surface area contributed by atoms with Gasteiger partial charge < -0.3 is 4.74 Å². The Labute approximate surface area is 131 Å². The van der Waals surface area contributed by atoms with Crippen molar-refractivity contribution < 1.29 is 4.74 Å². The monoisotopic (exact) mass is 294 g/mol. The van der Waals surface area contributed by atoms with E-state index >= 15 is 0 Å². The lowest BCUT2D eigenvalue weighted by molar-refractivity contribution is 0.303. The van der Waals surface area contributed by atoms with Gasteiger partial charge in [0.1, 0.15) is 5.76 Å². The normalized spacial score (nSPS) is 21.4. The maximum absolute atomic E-state index is 5.42. The van der Waals surface area contributed by atoms with Crippen molar-refractivity contribution in [1.82, 2.24) is 0 Å². The Bertz CT molecular complexity index is 673. The van der Waals surface area contributed by atoms with Gasteiger partial charge in [0.25, 0.3) is 0 Å². The molecule has 2 heteroatoms. The van der Waals surface area contributed by atoms with Gasteiger partial charge in [-0.05, 0) is 35.3 Å². The second kappa shape index (κ2) is 5.82. The average molecular weight is 294 g/mol. The Morgan fingerprint density at radius 1 is 0.952 bits per heavy atom. The second-order valence-electron chi connectivity index (χ2n) is 5.17. The molecule has 1 unspecified atom stereocenters. The molecule has 0 amide bonds. The van der Waals surface area contributed by atoms with Crippen LogP contribution in [0.25, 0.3) is 5.57 Å². The van der Waals surface area contributed by atoms with Gasteiger partial charge in [-0.25, -0.2) is 0 Å². The van der Waals surface area contributed by atoms with Gasteiger partial charge >= 0.3 is 0 Å². The fourth-order valence-electron chi connectivity index (χ4n) is 2.75. The summed E-state index contributed by atoms with van der Waals surface area (Å²) in [6, 6.07) is 20.8. The van der Waals surface area contributed by atoms with Crippen LogP contribution in [0.3, 0.4) is 0 Å². The molecule has 2 aromatic rings. The van der Waals surface area contributed by atoms with E-state index in [4.69, 9.17) is 17.4 Å². The third kappa shape index (κ3) is 2.64. The molecule has 0 N–H and O–H groups in total. The summed E-state index contributed by atoms with van der Waals surface area (Å²) in [4.78, 5) is 0. The van der Waals surface area contributed by atoms with Gasteiger partial charge in [-0.2, -0.15) is 12.6 Å². The van der Waals surface area contributed by atoms with Crippen LogP contribution >= 0.6 is 12.6 Å². The topological polar surface area (TPSA) is 9.23 Å². The Balaban J connectivity index is 2.13. The predicted octanol–water partition coefficient (Wildman–Crippen LogP) is 4.83. The minimum absolute atomic E-state index is 0.329. The molecule has 0 aliphatic heterocycles. The molecule has 0 saturated carbocycles. The zero-order valence-corrected chi connectivity index (χ0v) is 12.9. The zero-order chi connectivity index (χ0) is 14.7. The van der Waals surface area contributed by atoms with Gasteiger partial charge in [-0.15, -0.1) is 0 Å². The van der Waals surface area contributed by atoms with Crippen molar-refractivity contribution in [3.63, 3.8) is 0 Å². The molecule has 0 spiro atoms. The summed E-state index contributed by atoms with van der Waals surface area (Å²) in [6.07, 6.45) is 5.01. The van der Waals surface area contributed by atoms with E-state index in [0.717, 1.165) is 12.2 Å². The minimum atomic E-state index is -0.329. The number of hydrogen-bond acceptors (Lipinski definition) is 2. The molecule has 0 saturated heterocycles. The largest absolute Gasteiger partial charge is 0.497 e. The molecule has 0 fully saturated rings. The summed E-state index contributed by atoms with van der Waals surface area (Å²) in [5.74, 6) is 0.898. The van der Waals surface area contributed by atoms with E-state index in [1.165, 1.54) is 16.7 Å². The number of rotatable bonds is 3. The first kappa shape index (κ1) is 14.0. The summed E-state index contributed by atoms with van der Waals surface area (Å²) < 4.78 is 5.09. The molecule has 1 aliphatic carbocycles. The lowest BCUT2D eigenvalue weighted by Crippen LogP contribution is -2.23. The number of hydrogen-bond donors (Lipinski definition) is 1. The molecular weight excluding hydrogens is 276 g/mol. The number of methoxy groups -OCH3 is 1. The maximum atomic E-state index is 5.42. The third-order valence-corrected chi connectivity index (χ3v) is 4.58. The predicted molar refractivity (Wildman–Crippen MR) is 91.2 cm³/mol. The SMILES string of the molecule is COC1=CCC(S)(c2ccccc2)C(c2ccccc2)=C1. The molecule has 2 aromatic carbocycles. The van der Waals surface area contributed by atoms with Crippen LogP contribution in [0.1, 0.15) is 17.5 Å². The standard InChI is InChI=1S/C19H18OS/c1-20-17-12-13-19(21,16-10-6-3-7-11-16)18(14-17)15-8-4-2-5-9-15/h2-12,14,21H,13H2,1H3. The van der Waals surface area contributed by atoms with Crippen LogP contribution in [0, 0.1) is 0 Å². The molecule has 3 rings (SSSR count). The quantitative estimate of drug-likeness (QED) is 0.798. The van der Waals surface area contributed by atoms with Crippen LogP contribution in [-0.4, -0.2) is 7.11 Å². The van der Waals surface area contributed by atoms with Gasteiger partial charge in [0.05, 0.1) is 11.9 Å². The molecule has 1 nitrogen and oxygen atoms in total. The fourth-order valence-corrected chi connectivity index (χ4v) is 3.18. The van der Waals surface area contributed by atoms with Crippen molar-refractivity contribution in [1.29, 1.82) is 0 Å². The Morgan fingerprint density at radius 3 is 2.19 bits per heavy atom. The van der Waals surface area contributed by atoms with E-state index in [0.29, 0.717) is 0 Å². The summed E-state index contributed by atoms with van der Waals surface area (Å²) in [7, 11) is 1.71. The van der Waals surface area contributed by atoms with E-state index in [1.54, 1.807) is 7.11 Å². The Kier molecular flexibility index (Phi) is 3.89. The van der Waals surface area contributed by atoms with Crippen LogP contribution in [0.4, 0.5) is 0 Å². The van der Waals surface area contributed by atoms with Crippen molar-refractivity contribution in [3.05, 3.63) is 89.7 Å². The highest BCUT2D eigenvalue weighted by atomic mass is 32.1. The summed E-state index contributed by atoms with van der Waals surface area (Å²) >= 11 is 5.06. The van der Waals surface area contributed by atoms with Gasteiger partial charge in [-0.3, -0.25) is 0 Å². The Hall–Kier alpha value is -1.93. The molecule has 21 heavy (non-hydrogen) atoms. The summed E-state index contributed by atoms with van der Waals surface area (Å²) in [6.45, 7) is 0. The van der Waals surface area contributed by atoms with E-state index < -0.39 is 0 Å².